The first-order valence-electron chi connectivity index (χ1n) is 13.4. The molecule has 8 heteroatoms. The number of ether oxygens (including phenoxy) is 1. The lowest BCUT2D eigenvalue weighted by molar-refractivity contribution is -0.135. The maximum absolute atomic E-state index is 14.0. The summed E-state index contributed by atoms with van der Waals surface area (Å²) in [6, 6.07) is 22.9. The number of amides is 1. The number of allylic oxidation sites excluding steroid dienone is 1. The summed E-state index contributed by atoms with van der Waals surface area (Å²) in [7, 11) is 3.61. The lowest BCUT2D eigenvalue weighted by atomic mass is 9.77. The molecule has 1 amide bonds. The molecule has 1 aliphatic heterocycles. The number of rotatable bonds is 8. The highest BCUT2D eigenvalue weighted by Crippen LogP contribution is 2.44. The van der Waals surface area contributed by atoms with Gasteiger partial charge < -0.3 is 4.74 Å². The molecule has 5 nitrogen and oxygen atoms in total. The summed E-state index contributed by atoms with van der Waals surface area (Å²) in [6.45, 7) is 0.623. The van der Waals surface area contributed by atoms with Gasteiger partial charge in [0, 0.05) is 28.1 Å². The zero-order chi connectivity index (χ0) is 28.2. The van der Waals surface area contributed by atoms with Crippen molar-refractivity contribution < 1.29 is 9.53 Å². The van der Waals surface area contributed by atoms with Crippen LogP contribution in [0.25, 0.3) is 6.08 Å². The standard InChI is InChI=1S/C32H32Cl3N3O2/c1-37(29(20-40-2)22-8-14-26(34)15-9-22)19-30(39)38-32(23-10-16-27(35)17-11-23)28-5-3-4-24(31(28)36-38)18-21-6-12-25(33)13-7-21/h6-18,28-29,32H,3-5,19-20H2,1-2H3/b24-18-. The van der Waals surface area contributed by atoms with Crippen molar-refractivity contribution in [3.63, 3.8) is 0 Å². The molecule has 3 aromatic rings. The molecule has 3 aromatic carbocycles. The molecule has 3 unspecified atom stereocenters. The van der Waals surface area contributed by atoms with Crippen molar-refractivity contribution in [2.24, 2.45) is 11.0 Å². The Morgan fingerprint density at radius 3 is 2.23 bits per heavy atom. The highest BCUT2D eigenvalue weighted by molar-refractivity contribution is 6.31. The molecule has 0 radical (unpaired) electrons. The Hall–Kier alpha value is -2.67. The van der Waals surface area contributed by atoms with Crippen molar-refractivity contribution in [3.05, 3.63) is 110 Å². The van der Waals surface area contributed by atoms with Crippen LogP contribution in [-0.2, 0) is 9.53 Å². The van der Waals surface area contributed by atoms with Crippen LogP contribution < -0.4 is 0 Å². The first-order chi connectivity index (χ1) is 19.3. The van der Waals surface area contributed by atoms with E-state index >= 15 is 0 Å². The molecule has 0 aromatic heterocycles. The normalized spacial score (nSPS) is 20.5. The summed E-state index contributed by atoms with van der Waals surface area (Å²) in [4.78, 5) is 16.0. The van der Waals surface area contributed by atoms with Crippen molar-refractivity contribution in [1.29, 1.82) is 0 Å². The molecular formula is C32H32Cl3N3O2. The Morgan fingerprint density at radius 2 is 1.60 bits per heavy atom. The molecule has 0 bridgehead atoms. The molecular weight excluding hydrogens is 565 g/mol. The Balaban J connectivity index is 1.46. The molecule has 40 heavy (non-hydrogen) atoms. The number of hydrogen-bond donors (Lipinski definition) is 0. The van der Waals surface area contributed by atoms with E-state index in [-0.39, 0.29) is 30.5 Å². The number of methoxy groups -OCH3 is 1. The third kappa shape index (κ3) is 6.45. The summed E-state index contributed by atoms with van der Waals surface area (Å²) in [6.07, 6.45) is 5.08. The number of hydrogen-bond acceptors (Lipinski definition) is 4. The largest absolute Gasteiger partial charge is 0.383 e. The van der Waals surface area contributed by atoms with Gasteiger partial charge in [0.15, 0.2) is 0 Å². The maximum Gasteiger partial charge on any atom is 0.257 e. The van der Waals surface area contributed by atoms with Crippen LogP contribution in [0.15, 0.2) is 83.5 Å². The van der Waals surface area contributed by atoms with Gasteiger partial charge in [0.2, 0.25) is 0 Å². The number of fused-ring (bicyclic) bond motifs is 1. The Labute approximate surface area is 251 Å². The molecule has 1 heterocycles. The molecule has 0 N–H and O–H groups in total. The summed E-state index contributed by atoms with van der Waals surface area (Å²) in [5.41, 5.74) is 5.29. The summed E-state index contributed by atoms with van der Waals surface area (Å²) < 4.78 is 5.52. The van der Waals surface area contributed by atoms with Crippen molar-refractivity contribution in [2.45, 2.75) is 31.3 Å². The van der Waals surface area contributed by atoms with Gasteiger partial charge in [0.1, 0.15) is 0 Å². The average molecular weight is 597 g/mol. The number of benzene rings is 3. The van der Waals surface area contributed by atoms with E-state index in [9.17, 15) is 4.79 Å². The predicted octanol–water partition coefficient (Wildman–Crippen LogP) is 8.09. The molecule has 1 saturated carbocycles. The van der Waals surface area contributed by atoms with Crippen LogP contribution in [-0.4, -0.2) is 48.8 Å². The van der Waals surface area contributed by atoms with Gasteiger partial charge in [0.05, 0.1) is 30.9 Å². The third-order valence-electron chi connectivity index (χ3n) is 7.68. The SMILES string of the molecule is COCC(c1ccc(Cl)cc1)N(C)CC(=O)N1N=C2/C(=C\c3ccc(Cl)cc3)CCCC2C1c1ccc(Cl)cc1. The van der Waals surface area contributed by atoms with E-state index in [2.05, 4.69) is 6.08 Å². The molecule has 0 spiro atoms. The quantitative estimate of drug-likeness (QED) is 0.264. The van der Waals surface area contributed by atoms with E-state index in [0.717, 1.165) is 41.7 Å². The lowest BCUT2D eigenvalue weighted by Gasteiger charge is -2.32. The van der Waals surface area contributed by atoms with E-state index in [1.54, 1.807) is 12.1 Å². The van der Waals surface area contributed by atoms with Gasteiger partial charge in [-0.25, -0.2) is 5.01 Å². The van der Waals surface area contributed by atoms with Gasteiger partial charge in [-0.15, -0.1) is 0 Å². The molecule has 208 valence electrons. The van der Waals surface area contributed by atoms with Gasteiger partial charge in [0.25, 0.3) is 5.91 Å². The number of carbonyl (C=O) groups is 1. The summed E-state index contributed by atoms with van der Waals surface area (Å²) in [5, 5.41) is 8.76. The fourth-order valence-electron chi connectivity index (χ4n) is 5.68. The minimum absolute atomic E-state index is 0.0646. The minimum Gasteiger partial charge on any atom is -0.383 e. The average Bonchev–Trinajstić information content (AvgIpc) is 3.35. The van der Waals surface area contributed by atoms with Crippen LogP contribution >= 0.6 is 34.8 Å². The van der Waals surface area contributed by atoms with Gasteiger partial charge in [-0.3, -0.25) is 9.69 Å². The first kappa shape index (κ1) is 28.8. The zero-order valence-electron chi connectivity index (χ0n) is 22.6. The minimum atomic E-state index is -0.196. The molecule has 2 aliphatic rings. The van der Waals surface area contributed by atoms with Crippen LogP contribution in [0.3, 0.4) is 0 Å². The van der Waals surface area contributed by atoms with Crippen LogP contribution in [0.5, 0.6) is 0 Å². The van der Waals surface area contributed by atoms with Crippen LogP contribution in [0.1, 0.15) is 48.0 Å². The summed E-state index contributed by atoms with van der Waals surface area (Å²) in [5.74, 6) is 0.0408. The van der Waals surface area contributed by atoms with Crippen LogP contribution in [0.4, 0.5) is 0 Å². The Bertz CT molecular complexity index is 1390. The predicted molar refractivity (Wildman–Crippen MR) is 164 cm³/mol. The van der Waals surface area contributed by atoms with Gasteiger partial charge in [-0.2, -0.15) is 5.10 Å². The summed E-state index contributed by atoms with van der Waals surface area (Å²) >= 11 is 18.5. The fraction of sp³-hybridized carbons (Fsp3) is 0.312. The second-order valence-corrected chi connectivity index (χ2v) is 11.7. The topological polar surface area (TPSA) is 45.1 Å². The van der Waals surface area contributed by atoms with Crippen LogP contribution in [0.2, 0.25) is 15.1 Å². The molecule has 0 saturated heterocycles. The van der Waals surface area contributed by atoms with Crippen LogP contribution in [0, 0.1) is 5.92 Å². The van der Waals surface area contributed by atoms with E-state index in [1.807, 2.05) is 84.7 Å². The van der Waals surface area contributed by atoms with Gasteiger partial charge in [-0.05, 0) is 91.0 Å². The smallest absolute Gasteiger partial charge is 0.257 e. The third-order valence-corrected chi connectivity index (χ3v) is 8.43. The van der Waals surface area contributed by atoms with E-state index in [0.29, 0.717) is 21.7 Å². The van der Waals surface area contributed by atoms with Gasteiger partial charge >= 0.3 is 0 Å². The first-order valence-corrected chi connectivity index (χ1v) is 14.5. The fourth-order valence-corrected chi connectivity index (χ4v) is 6.06. The van der Waals surface area contributed by atoms with E-state index in [4.69, 9.17) is 44.6 Å². The number of likely N-dealkylation sites (N-methyl/N-ethyl adjacent to an activating group) is 1. The van der Waals surface area contributed by atoms with E-state index < -0.39 is 0 Å². The molecule has 1 fully saturated rings. The molecule has 5 rings (SSSR count). The Kier molecular flexibility index (Phi) is 9.29. The van der Waals surface area contributed by atoms with Crippen molar-refractivity contribution >= 4 is 52.5 Å². The monoisotopic (exact) mass is 595 g/mol. The number of carbonyl (C=O) groups excluding carboxylic acids is 1. The second kappa shape index (κ2) is 12.9. The lowest BCUT2D eigenvalue weighted by Crippen LogP contribution is -2.40. The Morgan fingerprint density at radius 1 is 1.00 bits per heavy atom. The number of nitrogens with zero attached hydrogens (tertiary/aromatic N) is 3. The number of hydrazone groups is 1. The van der Waals surface area contributed by atoms with E-state index in [1.165, 1.54) is 5.57 Å². The molecule has 3 atom stereocenters. The zero-order valence-corrected chi connectivity index (χ0v) is 24.8. The molecule has 1 aliphatic carbocycles. The highest BCUT2D eigenvalue weighted by atomic mass is 35.5. The van der Waals surface area contributed by atoms with Crippen molar-refractivity contribution in [1.82, 2.24) is 9.91 Å². The second-order valence-electron chi connectivity index (χ2n) is 10.4. The van der Waals surface area contributed by atoms with Crippen molar-refractivity contribution in [3.8, 4) is 0 Å². The highest BCUT2D eigenvalue weighted by Gasteiger charge is 2.44. The van der Waals surface area contributed by atoms with Gasteiger partial charge in [-0.1, -0.05) is 71.2 Å². The maximum atomic E-state index is 14.0. The number of halogens is 3. The van der Waals surface area contributed by atoms with Crippen molar-refractivity contribution in [2.75, 3.05) is 27.3 Å².